The molecule has 0 amide bonds. The maximum Gasteiger partial charge on any atom is 0.266 e. The van der Waals surface area contributed by atoms with Crippen LogP contribution in [0, 0.1) is 13.8 Å². The monoisotopic (exact) mass is 444 g/mol. The molecule has 0 spiro atoms. The van der Waals surface area contributed by atoms with E-state index in [-0.39, 0.29) is 23.9 Å². The number of nitrogens with zero attached hydrogens (tertiary/aromatic N) is 2. The summed E-state index contributed by atoms with van der Waals surface area (Å²) in [5, 5.41) is 1.02. The highest BCUT2D eigenvalue weighted by molar-refractivity contribution is 7.99. The number of rotatable bonds is 5. The van der Waals surface area contributed by atoms with Crippen LogP contribution < -0.4 is 15.0 Å². The Kier molecular flexibility index (Phi) is 5.19. The van der Waals surface area contributed by atoms with Gasteiger partial charge in [-0.15, -0.1) is 0 Å². The average molecular weight is 445 g/mol. The number of fused-ring (bicyclic) bond motifs is 2. The third kappa shape index (κ3) is 3.65. The van der Waals surface area contributed by atoms with E-state index in [2.05, 4.69) is 0 Å². The standard InChI is InChI=1S/C25H20N2O4S/c1-15-7-8-16(2)20(11-15)27-24(29)18-5-3-4-6-19(18)26-25(27)32-13-21(28)17-9-10-22-23(12-17)31-14-30-22/h3-12H,13-14H2,1-2H3. The Morgan fingerprint density at radius 1 is 1.03 bits per heavy atom. The van der Waals surface area contributed by atoms with E-state index in [4.69, 9.17) is 14.5 Å². The fourth-order valence-corrected chi connectivity index (χ4v) is 4.57. The number of hydrogen-bond acceptors (Lipinski definition) is 6. The molecule has 0 saturated heterocycles. The summed E-state index contributed by atoms with van der Waals surface area (Å²) < 4.78 is 12.3. The van der Waals surface area contributed by atoms with Gasteiger partial charge in [-0.25, -0.2) is 4.98 Å². The molecule has 0 N–H and O–H groups in total. The number of para-hydroxylation sites is 1. The lowest BCUT2D eigenvalue weighted by molar-refractivity contribution is 0.102. The van der Waals surface area contributed by atoms with E-state index in [0.29, 0.717) is 33.1 Å². The van der Waals surface area contributed by atoms with E-state index >= 15 is 0 Å². The van der Waals surface area contributed by atoms with Crippen molar-refractivity contribution in [3.8, 4) is 17.2 Å². The van der Waals surface area contributed by atoms with Gasteiger partial charge in [0.05, 0.1) is 22.3 Å². The maximum absolute atomic E-state index is 13.5. The van der Waals surface area contributed by atoms with Crippen LogP contribution in [0.15, 0.2) is 70.6 Å². The molecule has 160 valence electrons. The first kappa shape index (κ1) is 20.3. The van der Waals surface area contributed by atoms with Gasteiger partial charge in [-0.1, -0.05) is 36.0 Å². The maximum atomic E-state index is 13.5. The molecule has 0 atom stereocenters. The lowest BCUT2D eigenvalue weighted by Crippen LogP contribution is -2.23. The molecule has 0 fully saturated rings. The average Bonchev–Trinajstić information content (AvgIpc) is 3.27. The zero-order chi connectivity index (χ0) is 22.2. The molecular formula is C25H20N2O4S. The Morgan fingerprint density at radius 3 is 2.72 bits per heavy atom. The van der Waals surface area contributed by atoms with Crippen molar-refractivity contribution in [1.82, 2.24) is 9.55 Å². The molecule has 6 nitrogen and oxygen atoms in total. The van der Waals surface area contributed by atoms with Crippen molar-refractivity contribution in [2.75, 3.05) is 12.5 Å². The van der Waals surface area contributed by atoms with Crippen LogP contribution in [0.5, 0.6) is 11.5 Å². The normalized spacial score (nSPS) is 12.3. The second-order valence-corrected chi connectivity index (χ2v) is 8.56. The second kappa shape index (κ2) is 8.16. The number of hydrogen-bond donors (Lipinski definition) is 0. The molecular weight excluding hydrogens is 424 g/mol. The highest BCUT2D eigenvalue weighted by Gasteiger charge is 2.19. The third-order valence-corrected chi connectivity index (χ3v) is 6.32. The summed E-state index contributed by atoms with van der Waals surface area (Å²) in [5.74, 6) is 1.25. The molecule has 0 radical (unpaired) electrons. The third-order valence-electron chi connectivity index (χ3n) is 5.38. The molecule has 5 rings (SSSR count). The highest BCUT2D eigenvalue weighted by Crippen LogP contribution is 2.33. The van der Waals surface area contributed by atoms with Crippen LogP contribution in [-0.4, -0.2) is 27.9 Å². The zero-order valence-electron chi connectivity index (χ0n) is 17.6. The van der Waals surface area contributed by atoms with Crippen LogP contribution in [0.1, 0.15) is 21.5 Å². The molecule has 4 aromatic rings. The van der Waals surface area contributed by atoms with Crippen LogP contribution >= 0.6 is 11.8 Å². The van der Waals surface area contributed by atoms with Crippen LogP contribution in [0.3, 0.4) is 0 Å². The molecule has 7 heteroatoms. The van der Waals surface area contributed by atoms with Crippen LogP contribution in [-0.2, 0) is 0 Å². The van der Waals surface area contributed by atoms with Gasteiger partial charge < -0.3 is 9.47 Å². The summed E-state index contributed by atoms with van der Waals surface area (Å²) in [6, 6.07) is 18.4. The number of aryl methyl sites for hydroxylation is 2. The van der Waals surface area contributed by atoms with Crippen LogP contribution in [0.25, 0.3) is 16.6 Å². The van der Waals surface area contributed by atoms with E-state index < -0.39 is 0 Å². The van der Waals surface area contributed by atoms with E-state index in [9.17, 15) is 9.59 Å². The second-order valence-electron chi connectivity index (χ2n) is 7.62. The number of ether oxygens (including phenoxy) is 2. The SMILES string of the molecule is Cc1ccc(C)c(-n2c(SCC(=O)c3ccc4c(c3)OCO4)nc3ccccc3c2=O)c1. The Labute approximate surface area is 188 Å². The summed E-state index contributed by atoms with van der Waals surface area (Å²) in [4.78, 5) is 31.1. The summed E-state index contributed by atoms with van der Waals surface area (Å²) >= 11 is 1.25. The minimum Gasteiger partial charge on any atom is -0.454 e. The van der Waals surface area contributed by atoms with Gasteiger partial charge >= 0.3 is 0 Å². The summed E-state index contributed by atoms with van der Waals surface area (Å²) in [6.07, 6.45) is 0. The fraction of sp³-hybridized carbons (Fsp3) is 0.160. The number of benzene rings is 3. The number of ketones is 1. The first-order chi connectivity index (χ1) is 15.5. The van der Waals surface area contributed by atoms with E-state index in [1.165, 1.54) is 11.8 Å². The van der Waals surface area contributed by atoms with Crippen molar-refractivity contribution < 1.29 is 14.3 Å². The molecule has 1 aliphatic heterocycles. The van der Waals surface area contributed by atoms with Crippen LogP contribution in [0.2, 0.25) is 0 Å². The Balaban J connectivity index is 1.55. The van der Waals surface area contributed by atoms with Crippen molar-refractivity contribution in [2.45, 2.75) is 19.0 Å². The van der Waals surface area contributed by atoms with E-state index in [0.717, 1.165) is 16.8 Å². The number of carbonyl (C=O) groups excluding carboxylic acids is 1. The predicted molar refractivity (Wildman–Crippen MR) is 124 cm³/mol. The highest BCUT2D eigenvalue weighted by atomic mass is 32.2. The van der Waals surface area contributed by atoms with Gasteiger partial charge in [-0.05, 0) is 61.4 Å². The van der Waals surface area contributed by atoms with Gasteiger partial charge in [-0.3, -0.25) is 14.2 Å². The number of Topliss-reactive ketones (excluding diaryl/α,β-unsaturated/α-hetero) is 1. The lowest BCUT2D eigenvalue weighted by Gasteiger charge is -2.15. The molecule has 0 saturated carbocycles. The largest absolute Gasteiger partial charge is 0.454 e. The smallest absolute Gasteiger partial charge is 0.266 e. The molecule has 2 heterocycles. The number of carbonyl (C=O) groups is 1. The summed E-state index contributed by atoms with van der Waals surface area (Å²) in [7, 11) is 0. The van der Waals surface area contributed by atoms with Crippen LogP contribution in [0.4, 0.5) is 0 Å². The van der Waals surface area contributed by atoms with Gasteiger partial charge in [0.15, 0.2) is 22.4 Å². The first-order valence-electron chi connectivity index (χ1n) is 10.2. The number of aromatic nitrogens is 2. The minimum atomic E-state index is -0.151. The van der Waals surface area contributed by atoms with Crippen molar-refractivity contribution in [3.63, 3.8) is 0 Å². The van der Waals surface area contributed by atoms with Gasteiger partial charge in [0.2, 0.25) is 6.79 Å². The molecule has 3 aromatic carbocycles. The summed E-state index contributed by atoms with van der Waals surface area (Å²) in [6.45, 7) is 4.10. The number of thioether (sulfide) groups is 1. The Hall–Kier alpha value is -3.58. The quantitative estimate of drug-likeness (QED) is 0.252. The van der Waals surface area contributed by atoms with Gasteiger partial charge in [0, 0.05) is 5.56 Å². The van der Waals surface area contributed by atoms with Crippen molar-refractivity contribution in [3.05, 3.63) is 87.7 Å². The Bertz CT molecular complexity index is 1430. The molecule has 0 aliphatic carbocycles. The fourth-order valence-electron chi connectivity index (χ4n) is 3.67. The first-order valence-corrected chi connectivity index (χ1v) is 11.1. The predicted octanol–water partition coefficient (Wildman–Crippen LogP) is 4.71. The molecule has 1 aliphatic rings. The molecule has 0 unspecified atom stereocenters. The van der Waals surface area contributed by atoms with Gasteiger partial charge in [0.1, 0.15) is 0 Å². The van der Waals surface area contributed by atoms with Crippen molar-refractivity contribution >= 4 is 28.4 Å². The molecule has 32 heavy (non-hydrogen) atoms. The zero-order valence-corrected chi connectivity index (χ0v) is 18.4. The molecule has 1 aromatic heterocycles. The van der Waals surface area contributed by atoms with Gasteiger partial charge in [-0.2, -0.15) is 0 Å². The lowest BCUT2D eigenvalue weighted by atomic mass is 10.1. The van der Waals surface area contributed by atoms with Gasteiger partial charge in [0.25, 0.3) is 5.56 Å². The molecule has 0 bridgehead atoms. The Morgan fingerprint density at radius 2 is 1.84 bits per heavy atom. The van der Waals surface area contributed by atoms with Crippen molar-refractivity contribution in [2.24, 2.45) is 0 Å². The minimum absolute atomic E-state index is 0.0804. The van der Waals surface area contributed by atoms with E-state index in [1.807, 2.05) is 50.2 Å². The summed E-state index contributed by atoms with van der Waals surface area (Å²) in [5.41, 5.74) is 3.76. The van der Waals surface area contributed by atoms with E-state index in [1.54, 1.807) is 28.8 Å². The van der Waals surface area contributed by atoms with Crippen molar-refractivity contribution in [1.29, 1.82) is 0 Å². The topological polar surface area (TPSA) is 70.4 Å².